The fourth-order valence-corrected chi connectivity index (χ4v) is 2.09. The van der Waals surface area contributed by atoms with E-state index in [1.807, 2.05) is 30.5 Å². The Kier molecular flexibility index (Phi) is 3.82. The molecule has 3 nitrogen and oxygen atoms in total. The lowest BCUT2D eigenvalue weighted by molar-refractivity contribution is 0.806. The van der Waals surface area contributed by atoms with E-state index in [9.17, 15) is 0 Å². The zero-order valence-corrected chi connectivity index (χ0v) is 10.9. The van der Waals surface area contributed by atoms with Crippen LogP contribution in [-0.2, 0) is 6.54 Å². The van der Waals surface area contributed by atoms with Crippen molar-refractivity contribution in [2.45, 2.75) is 20.4 Å². The zero-order valence-electron chi connectivity index (χ0n) is 10.9. The molecule has 0 saturated heterocycles. The molecule has 0 amide bonds. The van der Waals surface area contributed by atoms with Gasteiger partial charge in [-0.25, -0.2) is 0 Å². The molecule has 1 aromatic heterocycles. The number of aromatic nitrogens is 1. The standard InChI is InChI=1S/C15H19N3/c1-3-18(11-14-6-4-5-9-17-14)15-8-7-13(16)10-12(15)2/h4-10H,3,11,16H2,1-2H3. The Labute approximate surface area is 108 Å². The number of aryl methyl sites for hydroxylation is 1. The van der Waals surface area contributed by atoms with Crippen LogP contribution in [-0.4, -0.2) is 11.5 Å². The van der Waals surface area contributed by atoms with E-state index in [1.165, 1.54) is 11.3 Å². The lowest BCUT2D eigenvalue weighted by Gasteiger charge is -2.24. The second-order valence-electron chi connectivity index (χ2n) is 4.38. The fraction of sp³-hybridized carbons (Fsp3) is 0.267. The number of nitrogen functional groups attached to an aromatic ring is 1. The summed E-state index contributed by atoms with van der Waals surface area (Å²) in [5, 5.41) is 0. The first-order chi connectivity index (χ1) is 8.70. The van der Waals surface area contributed by atoms with Gasteiger partial charge in [-0.15, -0.1) is 0 Å². The van der Waals surface area contributed by atoms with Crippen molar-refractivity contribution in [1.29, 1.82) is 0 Å². The summed E-state index contributed by atoms with van der Waals surface area (Å²) < 4.78 is 0. The van der Waals surface area contributed by atoms with Gasteiger partial charge in [0.25, 0.3) is 0 Å². The quantitative estimate of drug-likeness (QED) is 0.837. The number of nitrogens with zero attached hydrogens (tertiary/aromatic N) is 2. The van der Waals surface area contributed by atoms with Crippen molar-refractivity contribution in [3.8, 4) is 0 Å². The Morgan fingerprint density at radius 1 is 1.22 bits per heavy atom. The maximum Gasteiger partial charge on any atom is 0.0601 e. The van der Waals surface area contributed by atoms with Gasteiger partial charge >= 0.3 is 0 Å². The van der Waals surface area contributed by atoms with Gasteiger partial charge < -0.3 is 10.6 Å². The molecule has 1 heterocycles. The number of anilines is 2. The van der Waals surface area contributed by atoms with Gasteiger partial charge in [-0.05, 0) is 49.7 Å². The Balaban J connectivity index is 2.23. The number of benzene rings is 1. The second-order valence-corrected chi connectivity index (χ2v) is 4.38. The summed E-state index contributed by atoms with van der Waals surface area (Å²) in [6, 6.07) is 12.0. The van der Waals surface area contributed by atoms with Crippen LogP contribution in [0.4, 0.5) is 11.4 Å². The highest BCUT2D eigenvalue weighted by atomic mass is 15.1. The van der Waals surface area contributed by atoms with Crippen molar-refractivity contribution in [3.05, 3.63) is 53.9 Å². The maximum absolute atomic E-state index is 5.79. The van der Waals surface area contributed by atoms with E-state index in [0.29, 0.717) is 0 Å². The van der Waals surface area contributed by atoms with Crippen LogP contribution in [0.3, 0.4) is 0 Å². The number of hydrogen-bond acceptors (Lipinski definition) is 3. The SMILES string of the molecule is CCN(Cc1ccccn1)c1ccc(N)cc1C. The molecule has 0 fully saturated rings. The van der Waals surface area contributed by atoms with Crippen LogP contribution in [0.2, 0.25) is 0 Å². The van der Waals surface area contributed by atoms with Crippen LogP contribution in [0.1, 0.15) is 18.2 Å². The zero-order chi connectivity index (χ0) is 13.0. The maximum atomic E-state index is 5.79. The van der Waals surface area contributed by atoms with Crippen LogP contribution in [0, 0.1) is 6.92 Å². The van der Waals surface area contributed by atoms with E-state index in [1.54, 1.807) is 0 Å². The molecular formula is C15H19N3. The molecule has 2 N–H and O–H groups in total. The summed E-state index contributed by atoms with van der Waals surface area (Å²) in [6.07, 6.45) is 1.83. The number of pyridine rings is 1. The average molecular weight is 241 g/mol. The number of rotatable bonds is 4. The van der Waals surface area contributed by atoms with Crippen LogP contribution < -0.4 is 10.6 Å². The summed E-state index contributed by atoms with van der Waals surface area (Å²) in [4.78, 5) is 6.68. The van der Waals surface area contributed by atoms with Crippen molar-refractivity contribution < 1.29 is 0 Å². The largest absolute Gasteiger partial charge is 0.399 e. The molecule has 0 atom stereocenters. The van der Waals surface area contributed by atoms with Crippen LogP contribution >= 0.6 is 0 Å². The van der Waals surface area contributed by atoms with Gasteiger partial charge in [0.15, 0.2) is 0 Å². The van der Waals surface area contributed by atoms with E-state index in [2.05, 4.69) is 35.9 Å². The molecule has 0 aliphatic rings. The molecule has 0 unspecified atom stereocenters. The topological polar surface area (TPSA) is 42.2 Å². The van der Waals surface area contributed by atoms with Crippen molar-refractivity contribution in [2.75, 3.05) is 17.2 Å². The molecule has 0 aliphatic heterocycles. The van der Waals surface area contributed by atoms with Crippen LogP contribution in [0.25, 0.3) is 0 Å². The molecular weight excluding hydrogens is 222 g/mol. The molecule has 2 aromatic rings. The summed E-state index contributed by atoms with van der Waals surface area (Å²) in [5.41, 5.74) is 10.1. The first kappa shape index (κ1) is 12.4. The second kappa shape index (κ2) is 5.54. The molecule has 0 bridgehead atoms. The van der Waals surface area contributed by atoms with Crippen molar-refractivity contribution >= 4 is 11.4 Å². The Morgan fingerprint density at radius 3 is 2.67 bits per heavy atom. The minimum Gasteiger partial charge on any atom is -0.399 e. The van der Waals surface area contributed by atoms with E-state index in [-0.39, 0.29) is 0 Å². The van der Waals surface area contributed by atoms with Crippen molar-refractivity contribution in [3.63, 3.8) is 0 Å². The molecule has 0 aliphatic carbocycles. The molecule has 3 heteroatoms. The van der Waals surface area contributed by atoms with E-state index < -0.39 is 0 Å². The summed E-state index contributed by atoms with van der Waals surface area (Å²) in [7, 11) is 0. The Morgan fingerprint density at radius 2 is 2.06 bits per heavy atom. The van der Waals surface area contributed by atoms with Crippen LogP contribution in [0.5, 0.6) is 0 Å². The summed E-state index contributed by atoms with van der Waals surface area (Å²) in [6.45, 7) is 6.01. The predicted octanol–water partition coefficient (Wildman–Crippen LogP) is 3.00. The third-order valence-electron chi connectivity index (χ3n) is 3.02. The minimum absolute atomic E-state index is 0.810. The van der Waals surface area contributed by atoms with Gasteiger partial charge in [-0.3, -0.25) is 4.98 Å². The highest BCUT2D eigenvalue weighted by Crippen LogP contribution is 2.23. The minimum atomic E-state index is 0.810. The van der Waals surface area contributed by atoms with Gasteiger partial charge in [0.05, 0.1) is 12.2 Å². The highest BCUT2D eigenvalue weighted by Gasteiger charge is 2.08. The van der Waals surface area contributed by atoms with Gasteiger partial charge in [-0.1, -0.05) is 6.07 Å². The Hall–Kier alpha value is -2.03. The molecule has 0 spiro atoms. The Bertz CT molecular complexity index is 508. The van der Waals surface area contributed by atoms with E-state index >= 15 is 0 Å². The number of hydrogen-bond donors (Lipinski definition) is 1. The average Bonchev–Trinajstić information content (AvgIpc) is 2.38. The normalized spacial score (nSPS) is 10.3. The monoisotopic (exact) mass is 241 g/mol. The van der Waals surface area contributed by atoms with Gasteiger partial charge in [-0.2, -0.15) is 0 Å². The lowest BCUT2D eigenvalue weighted by Crippen LogP contribution is -2.23. The molecule has 0 saturated carbocycles. The van der Waals surface area contributed by atoms with Crippen LogP contribution in [0.15, 0.2) is 42.6 Å². The summed E-state index contributed by atoms with van der Waals surface area (Å²) in [5.74, 6) is 0. The van der Waals surface area contributed by atoms with Gasteiger partial charge in [0, 0.05) is 24.1 Å². The first-order valence-electron chi connectivity index (χ1n) is 6.21. The number of nitrogens with two attached hydrogens (primary N) is 1. The molecule has 18 heavy (non-hydrogen) atoms. The third kappa shape index (κ3) is 2.80. The highest BCUT2D eigenvalue weighted by molar-refractivity contribution is 5.59. The fourth-order valence-electron chi connectivity index (χ4n) is 2.09. The predicted molar refractivity (Wildman–Crippen MR) is 76.6 cm³/mol. The molecule has 0 radical (unpaired) electrons. The first-order valence-corrected chi connectivity index (χ1v) is 6.21. The van der Waals surface area contributed by atoms with Crippen molar-refractivity contribution in [1.82, 2.24) is 4.98 Å². The molecule has 1 aromatic carbocycles. The van der Waals surface area contributed by atoms with E-state index in [4.69, 9.17) is 5.73 Å². The van der Waals surface area contributed by atoms with Gasteiger partial charge in [0.2, 0.25) is 0 Å². The molecule has 94 valence electrons. The van der Waals surface area contributed by atoms with Crippen molar-refractivity contribution in [2.24, 2.45) is 0 Å². The smallest absolute Gasteiger partial charge is 0.0601 e. The summed E-state index contributed by atoms with van der Waals surface area (Å²) >= 11 is 0. The third-order valence-corrected chi connectivity index (χ3v) is 3.02. The molecule has 2 rings (SSSR count). The lowest BCUT2D eigenvalue weighted by atomic mass is 10.1. The van der Waals surface area contributed by atoms with E-state index in [0.717, 1.165) is 24.5 Å². The van der Waals surface area contributed by atoms with Gasteiger partial charge in [0.1, 0.15) is 0 Å².